The Bertz CT molecular complexity index is 336. The van der Waals surface area contributed by atoms with Crippen molar-refractivity contribution in [3.8, 4) is 5.75 Å². The summed E-state index contributed by atoms with van der Waals surface area (Å²) in [6.45, 7) is 5.21. The van der Waals surface area contributed by atoms with E-state index in [0.717, 1.165) is 24.2 Å². The molecular weight excluding hydrogens is 202 g/mol. The van der Waals surface area contributed by atoms with Crippen LogP contribution in [0, 0.1) is 0 Å². The van der Waals surface area contributed by atoms with E-state index in [2.05, 4.69) is 6.58 Å². The zero-order valence-corrected chi connectivity index (χ0v) is 9.74. The fraction of sp³-hybridized carbons (Fsp3) is 0.385. The molecule has 0 radical (unpaired) electrons. The molecule has 0 amide bonds. The van der Waals surface area contributed by atoms with Crippen LogP contribution in [0.5, 0.6) is 5.75 Å². The Balaban J connectivity index is 2.50. The molecule has 0 atom stereocenters. The van der Waals surface area contributed by atoms with E-state index in [-0.39, 0.29) is 0 Å². The second-order valence-corrected chi connectivity index (χ2v) is 3.50. The molecule has 16 heavy (non-hydrogen) atoms. The first kappa shape index (κ1) is 12.6. The maximum Gasteiger partial charge on any atom is 0.120 e. The van der Waals surface area contributed by atoms with Crippen molar-refractivity contribution in [2.24, 2.45) is 5.73 Å². The summed E-state index contributed by atoms with van der Waals surface area (Å²) in [4.78, 5) is 0. The molecule has 0 aliphatic heterocycles. The minimum absolute atomic E-state index is 0.646. The summed E-state index contributed by atoms with van der Waals surface area (Å²) < 4.78 is 10.7. The van der Waals surface area contributed by atoms with Gasteiger partial charge in [0.25, 0.3) is 0 Å². The summed E-state index contributed by atoms with van der Waals surface area (Å²) in [5.41, 5.74) is 6.35. The fourth-order valence-corrected chi connectivity index (χ4v) is 1.31. The van der Waals surface area contributed by atoms with Crippen LogP contribution in [0.2, 0.25) is 0 Å². The molecular formula is C13H19NO2. The van der Waals surface area contributed by atoms with Crippen LogP contribution in [-0.2, 0) is 4.74 Å². The molecule has 3 heteroatoms. The number of rotatable bonds is 7. The lowest BCUT2D eigenvalue weighted by Crippen LogP contribution is -2.03. The van der Waals surface area contributed by atoms with Gasteiger partial charge in [0.1, 0.15) is 11.5 Å². The normalized spacial score (nSPS) is 9.88. The molecule has 88 valence electrons. The van der Waals surface area contributed by atoms with E-state index < -0.39 is 0 Å². The van der Waals surface area contributed by atoms with E-state index >= 15 is 0 Å². The number of methoxy groups -OCH3 is 1. The molecule has 0 saturated carbocycles. The van der Waals surface area contributed by atoms with Crippen LogP contribution in [0.3, 0.4) is 0 Å². The Kier molecular flexibility index (Phi) is 5.43. The van der Waals surface area contributed by atoms with Crippen LogP contribution in [0.15, 0.2) is 30.8 Å². The van der Waals surface area contributed by atoms with E-state index in [1.54, 1.807) is 7.11 Å². The Hall–Kier alpha value is -1.48. The van der Waals surface area contributed by atoms with Gasteiger partial charge >= 0.3 is 0 Å². The van der Waals surface area contributed by atoms with Gasteiger partial charge in [-0.05, 0) is 31.5 Å². The topological polar surface area (TPSA) is 44.5 Å². The Morgan fingerprint density at radius 3 is 2.88 bits per heavy atom. The van der Waals surface area contributed by atoms with Gasteiger partial charge in [0.05, 0.1) is 13.7 Å². The van der Waals surface area contributed by atoms with Crippen molar-refractivity contribution in [1.29, 1.82) is 0 Å². The van der Waals surface area contributed by atoms with Crippen molar-refractivity contribution >= 4 is 5.76 Å². The molecule has 0 aliphatic carbocycles. The lowest BCUT2D eigenvalue weighted by Gasteiger charge is -2.08. The van der Waals surface area contributed by atoms with E-state index in [1.165, 1.54) is 0 Å². The largest absolute Gasteiger partial charge is 0.497 e. The lowest BCUT2D eigenvalue weighted by molar-refractivity contribution is 0.307. The average Bonchev–Trinajstić information content (AvgIpc) is 2.34. The van der Waals surface area contributed by atoms with Gasteiger partial charge in [0.15, 0.2) is 0 Å². The van der Waals surface area contributed by atoms with Crippen LogP contribution < -0.4 is 10.5 Å². The minimum Gasteiger partial charge on any atom is -0.497 e. The zero-order valence-electron chi connectivity index (χ0n) is 9.74. The van der Waals surface area contributed by atoms with Crippen LogP contribution in [0.4, 0.5) is 0 Å². The summed E-state index contributed by atoms with van der Waals surface area (Å²) >= 11 is 0. The van der Waals surface area contributed by atoms with Crippen molar-refractivity contribution in [2.75, 3.05) is 20.3 Å². The predicted octanol–water partition coefficient (Wildman–Crippen LogP) is 2.42. The first-order valence-corrected chi connectivity index (χ1v) is 5.44. The highest BCUT2D eigenvalue weighted by Gasteiger charge is 2.00. The van der Waals surface area contributed by atoms with Gasteiger partial charge in [-0.15, -0.1) is 0 Å². The molecule has 0 saturated heterocycles. The summed E-state index contributed by atoms with van der Waals surface area (Å²) in [6, 6.07) is 7.72. The molecule has 0 bridgehead atoms. The van der Waals surface area contributed by atoms with E-state index in [1.807, 2.05) is 24.3 Å². The molecule has 2 N–H and O–H groups in total. The number of nitrogens with two attached hydrogens (primary N) is 1. The first-order chi connectivity index (χ1) is 7.77. The quantitative estimate of drug-likeness (QED) is 0.568. The monoisotopic (exact) mass is 221 g/mol. The third-order valence-electron chi connectivity index (χ3n) is 2.27. The summed E-state index contributed by atoms with van der Waals surface area (Å²) in [5.74, 6) is 1.49. The van der Waals surface area contributed by atoms with Crippen LogP contribution in [-0.4, -0.2) is 20.3 Å². The molecule has 0 spiro atoms. The van der Waals surface area contributed by atoms with Gasteiger partial charge in [-0.3, -0.25) is 0 Å². The van der Waals surface area contributed by atoms with Crippen LogP contribution in [0.1, 0.15) is 18.4 Å². The summed E-state index contributed by atoms with van der Waals surface area (Å²) in [6.07, 6.45) is 1.97. The molecule has 1 aromatic carbocycles. The number of hydrogen-bond donors (Lipinski definition) is 1. The number of hydrogen-bond acceptors (Lipinski definition) is 3. The van der Waals surface area contributed by atoms with Crippen molar-refractivity contribution in [3.63, 3.8) is 0 Å². The highest BCUT2D eigenvalue weighted by Crippen LogP contribution is 2.19. The zero-order chi connectivity index (χ0) is 11.8. The molecule has 0 aliphatic rings. The average molecular weight is 221 g/mol. The molecule has 3 nitrogen and oxygen atoms in total. The van der Waals surface area contributed by atoms with Gasteiger partial charge in [-0.1, -0.05) is 18.7 Å². The molecule has 0 heterocycles. The van der Waals surface area contributed by atoms with Gasteiger partial charge in [-0.2, -0.15) is 0 Å². The Labute approximate surface area is 96.9 Å². The van der Waals surface area contributed by atoms with E-state index in [0.29, 0.717) is 18.9 Å². The van der Waals surface area contributed by atoms with Crippen LogP contribution in [0.25, 0.3) is 5.76 Å². The Morgan fingerprint density at radius 2 is 2.19 bits per heavy atom. The highest BCUT2D eigenvalue weighted by atomic mass is 16.5. The van der Waals surface area contributed by atoms with E-state index in [4.69, 9.17) is 15.2 Å². The summed E-state index contributed by atoms with van der Waals surface area (Å²) in [5, 5.41) is 0. The third kappa shape index (κ3) is 3.95. The van der Waals surface area contributed by atoms with Gasteiger partial charge < -0.3 is 15.2 Å². The predicted molar refractivity (Wildman–Crippen MR) is 66.3 cm³/mol. The molecule has 0 unspecified atom stereocenters. The lowest BCUT2D eigenvalue weighted by atomic mass is 10.2. The van der Waals surface area contributed by atoms with Gasteiger partial charge in [0, 0.05) is 5.56 Å². The molecule has 1 rings (SSSR count). The number of benzene rings is 1. The second-order valence-electron chi connectivity index (χ2n) is 3.50. The van der Waals surface area contributed by atoms with Crippen molar-refractivity contribution in [3.05, 3.63) is 36.4 Å². The number of ether oxygens (including phenoxy) is 2. The Morgan fingerprint density at radius 1 is 1.38 bits per heavy atom. The fourth-order valence-electron chi connectivity index (χ4n) is 1.31. The SMILES string of the molecule is C=C(OC)c1cccc(OCCCCN)c1. The smallest absolute Gasteiger partial charge is 0.120 e. The van der Waals surface area contributed by atoms with Gasteiger partial charge in [-0.25, -0.2) is 0 Å². The van der Waals surface area contributed by atoms with E-state index in [9.17, 15) is 0 Å². The molecule has 1 aromatic rings. The van der Waals surface area contributed by atoms with Crippen LogP contribution >= 0.6 is 0 Å². The number of unbranched alkanes of at least 4 members (excludes halogenated alkanes) is 1. The minimum atomic E-state index is 0.646. The molecule has 0 aromatic heterocycles. The van der Waals surface area contributed by atoms with Crippen molar-refractivity contribution in [2.45, 2.75) is 12.8 Å². The maximum absolute atomic E-state index is 5.59. The highest BCUT2D eigenvalue weighted by molar-refractivity contribution is 5.58. The second kappa shape index (κ2) is 6.90. The summed E-state index contributed by atoms with van der Waals surface area (Å²) in [7, 11) is 1.61. The van der Waals surface area contributed by atoms with Crippen molar-refractivity contribution < 1.29 is 9.47 Å². The standard InChI is InChI=1S/C13H19NO2/c1-11(15-2)12-6-5-7-13(10-12)16-9-4-3-8-14/h5-7,10H,1,3-4,8-9,14H2,2H3. The molecule has 0 fully saturated rings. The third-order valence-corrected chi connectivity index (χ3v) is 2.27. The maximum atomic E-state index is 5.59. The first-order valence-electron chi connectivity index (χ1n) is 5.44. The van der Waals surface area contributed by atoms with Gasteiger partial charge in [0.2, 0.25) is 0 Å². The van der Waals surface area contributed by atoms with Crippen molar-refractivity contribution in [1.82, 2.24) is 0 Å².